The second-order valence-electron chi connectivity index (χ2n) is 3.71. The zero-order chi connectivity index (χ0) is 10.6. The van der Waals surface area contributed by atoms with Gasteiger partial charge in [0.05, 0.1) is 0 Å². The SMILES string of the molecule is CCNC(CN)c1ccc(C)cc1C. The normalized spacial score (nSPS) is 12.9. The molecule has 0 saturated heterocycles. The zero-order valence-corrected chi connectivity index (χ0v) is 9.30. The van der Waals surface area contributed by atoms with Crippen LogP contribution in [0.4, 0.5) is 0 Å². The molecule has 14 heavy (non-hydrogen) atoms. The van der Waals surface area contributed by atoms with Crippen LogP contribution in [0.1, 0.15) is 29.7 Å². The van der Waals surface area contributed by atoms with Crippen LogP contribution in [0.2, 0.25) is 0 Å². The molecule has 0 fully saturated rings. The molecule has 3 N–H and O–H groups in total. The van der Waals surface area contributed by atoms with Crippen LogP contribution in [-0.2, 0) is 0 Å². The Kier molecular flexibility index (Phi) is 4.11. The van der Waals surface area contributed by atoms with Crippen molar-refractivity contribution in [3.05, 3.63) is 34.9 Å². The number of likely N-dealkylation sites (N-methyl/N-ethyl adjacent to an activating group) is 1. The number of aryl methyl sites for hydroxylation is 2. The lowest BCUT2D eigenvalue weighted by Crippen LogP contribution is -2.28. The Hall–Kier alpha value is -0.860. The van der Waals surface area contributed by atoms with E-state index < -0.39 is 0 Å². The van der Waals surface area contributed by atoms with Gasteiger partial charge >= 0.3 is 0 Å². The van der Waals surface area contributed by atoms with Crippen molar-refractivity contribution in [2.75, 3.05) is 13.1 Å². The minimum atomic E-state index is 0.292. The molecule has 78 valence electrons. The number of hydrogen-bond donors (Lipinski definition) is 2. The molecule has 2 nitrogen and oxygen atoms in total. The molecule has 0 aliphatic heterocycles. The van der Waals surface area contributed by atoms with Crippen LogP contribution < -0.4 is 11.1 Å². The molecule has 0 saturated carbocycles. The second-order valence-corrected chi connectivity index (χ2v) is 3.71. The third-order valence-electron chi connectivity index (χ3n) is 2.49. The van der Waals surface area contributed by atoms with Crippen molar-refractivity contribution in [2.45, 2.75) is 26.8 Å². The first-order chi connectivity index (χ1) is 6.69. The molecular formula is C12H20N2. The van der Waals surface area contributed by atoms with Crippen molar-refractivity contribution in [3.63, 3.8) is 0 Å². The van der Waals surface area contributed by atoms with Gasteiger partial charge in [0.25, 0.3) is 0 Å². The Balaban J connectivity index is 2.92. The molecule has 1 unspecified atom stereocenters. The molecule has 0 aliphatic rings. The van der Waals surface area contributed by atoms with Gasteiger partial charge in [0.2, 0.25) is 0 Å². The molecule has 2 heteroatoms. The second kappa shape index (κ2) is 5.13. The first-order valence-corrected chi connectivity index (χ1v) is 5.19. The van der Waals surface area contributed by atoms with E-state index in [0.717, 1.165) is 6.54 Å². The minimum absolute atomic E-state index is 0.292. The molecule has 1 aromatic carbocycles. The first kappa shape index (κ1) is 11.2. The van der Waals surface area contributed by atoms with E-state index in [1.807, 2.05) is 0 Å². The Morgan fingerprint density at radius 3 is 2.57 bits per heavy atom. The predicted molar refractivity (Wildman–Crippen MR) is 61.4 cm³/mol. The third-order valence-corrected chi connectivity index (χ3v) is 2.49. The highest BCUT2D eigenvalue weighted by molar-refractivity contribution is 5.32. The van der Waals surface area contributed by atoms with Gasteiger partial charge in [-0.1, -0.05) is 30.7 Å². The molecule has 1 rings (SSSR count). The number of nitrogens with two attached hydrogens (primary N) is 1. The number of benzene rings is 1. The Bertz CT molecular complexity index is 294. The standard InChI is InChI=1S/C12H20N2/c1-4-14-12(8-13)11-6-5-9(2)7-10(11)3/h5-7,12,14H,4,8,13H2,1-3H3. The smallest absolute Gasteiger partial charge is 0.0447 e. The van der Waals surface area contributed by atoms with Crippen LogP contribution in [0.3, 0.4) is 0 Å². The summed E-state index contributed by atoms with van der Waals surface area (Å²) in [6.07, 6.45) is 0. The summed E-state index contributed by atoms with van der Waals surface area (Å²) in [4.78, 5) is 0. The maximum absolute atomic E-state index is 5.74. The van der Waals surface area contributed by atoms with Gasteiger partial charge in [0, 0.05) is 12.6 Å². The van der Waals surface area contributed by atoms with Crippen LogP contribution in [0, 0.1) is 13.8 Å². The molecule has 0 radical (unpaired) electrons. The number of nitrogens with one attached hydrogen (secondary N) is 1. The summed E-state index contributed by atoms with van der Waals surface area (Å²) < 4.78 is 0. The summed E-state index contributed by atoms with van der Waals surface area (Å²) in [5.74, 6) is 0. The largest absolute Gasteiger partial charge is 0.329 e. The first-order valence-electron chi connectivity index (χ1n) is 5.19. The Morgan fingerprint density at radius 1 is 1.36 bits per heavy atom. The Morgan fingerprint density at radius 2 is 2.07 bits per heavy atom. The van der Waals surface area contributed by atoms with Gasteiger partial charge in [-0.25, -0.2) is 0 Å². The van der Waals surface area contributed by atoms with Gasteiger partial charge < -0.3 is 11.1 Å². The summed E-state index contributed by atoms with van der Waals surface area (Å²) in [6.45, 7) is 7.96. The van der Waals surface area contributed by atoms with E-state index >= 15 is 0 Å². The minimum Gasteiger partial charge on any atom is -0.329 e. The fourth-order valence-corrected chi connectivity index (χ4v) is 1.78. The summed E-state index contributed by atoms with van der Waals surface area (Å²) in [5, 5.41) is 3.38. The molecular weight excluding hydrogens is 172 g/mol. The lowest BCUT2D eigenvalue weighted by molar-refractivity contribution is 0.559. The molecule has 0 aromatic heterocycles. The molecule has 0 bridgehead atoms. The van der Waals surface area contributed by atoms with Crippen molar-refractivity contribution < 1.29 is 0 Å². The van der Waals surface area contributed by atoms with Gasteiger partial charge in [0.1, 0.15) is 0 Å². The molecule has 1 atom stereocenters. The lowest BCUT2D eigenvalue weighted by atomic mass is 9.99. The molecule has 0 aliphatic carbocycles. The average Bonchev–Trinajstić information content (AvgIpc) is 2.15. The third kappa shape index (κ3) is 2.56. The van der Waals surface area contributed by atoms with Gasteiger partial charge in [-0.2, -0.15) is 0 Å². The van der Waals surface area contributed by atoms with Crippen molar-refractivity contribution >= 4 is 0 Å². The average molecular weight is 192 g/mol. The van der Waals surface area contributed by atoms with Crippen molar-refractivity contribution in [2.24, 2.45) is 5.73 Å². The lowest BCUT2D eigenvalue weighted by Gasteiger charge is -2.18. The van der Waals surface area contributed by atoms with E-state index in [1.165, 1.54) is 16.7 Å². The van der Waals surface area contributed by atoms with Gasteiger partial charge in [-0.3, -0.25) is 0 Å². The summed E-state index contributed by atoms with van der Waals surface area (Å²) >= 11 is 0. The van der Waals surface area contributed by atoms with E-state index in [9.17, 15) is 0 Å². The Labute approximate surface area is 86.5 Å². The molecule has 1 aromatic rings. The number of rotatable bonds is 4. The maximum Gasteiger partial charge on any atom is 0.0447 e. The quantitative estimate of drug-likeness (QED) is 0.765. The van der Waals surface area contributed by atoms with Crippen LogP contribution in [0.5, 0.6) is 0 Å². The highest BCUT2D eigenvalue weighted by atomic mass is 14.9. The fraction of sp³-hybridized carbons (Fsp3) is 0.500. The van der Waals surface area contributed by atoms with E-state index in [2.05, 4.69) is 44.3 Å². The molecule has 0 heterocycles. The van der Waals surface area contributed by atoms with E-state index in [0.29, 0.717) is 12.6 Å². The van der Waals surface area contributed by atoms with Gasteiger partial charge in [-0.05, 0) is 31.5 Å². The molecule has 0 spiro atoms. The monoisotopic (exact) mass is 192 g/mol. The summed E-state index contributed by atoms with van der Waals surface area (Å²) in [5.41, 5.74) is 9.68. The van der Waals surface area contributed by atoms with Crippen molar-refractivity contribution in [1.82, 2.24) is 5.32 Å². The summed E-state index contributed by atoms with van der Waals surface area (Å²) in [6, 6.07) is 6.81. The van der Waals surface area contributed by atoms with Gasteiger partial charge in [-0.15, -0.1) is 0 Å². The van der Waals surface area contributed by atoms with Crippen LogP contribution in [0.15, 0.2) is 18.2 Å². The van der Waals surface area contributed by atoms with Crippen molar-refractivity contribution in [1.29, 1.82) is 0 Å². The molecule has 0 amide bonds. The predicted octanol–water partition coefficient (Wildman–Crippen LogP) is 1.91. The van der Waals surface area contributed by atoms with Gasteiger partial charge in [0.15, 0.2) is 0 Å². The topological polar surface area (TPSA) is 38.0 Å². The van der Waals surface area contributed by atoms with E-state index in [4.69, 9.17) is 5.73 Å². The van der Waals surface area contributed by atoms with E-state index in [1.54, 1.807) is 0 Å². The van der Waals surface area contributed by atoms with Crippen LogP contribution >= 0.6 is 0 Å². The zero-order valence-electron chi connectivity index (χ0n) is 9.30. The highest BCUT2D eigenvalue weighted by Gasteiger charge is 2.09. The van der Waals surface area contributed by atoms with Crippen molar-refractivity contribution in [3.8, 4) is 0 Å². The number of hydrogen-bond acceptors (Lipinski definition) is 2. The van der Waals surface area contributed by atoms with Crippen LogP contribution in [0.25, 0.3) is 0 Å². The highest BCUT2D eigenvalue weighted by Crippen LogP contribution is 2.17. The fourth-order valence-electron chi connectivity index (χ4n) is 1.78. The van der Waals surface area contributed by atoms with E-state index in [-0.39, 0.29) is 0 Å². The van der Waals surface area contributed by atoms with Crippen LogP contribution in [-0.4, -0.2) is 13.1 Å². The summed E-state index contributed by atoms with van der Waals surface area (Å²) in [7, 11) is 0. The maximum atomic E-state index is 5.74.